The summed E-state index contributed by atoms with van der Waals surface area (Å²) in [4.78, 5) is 22.7. The lowest BCUT2D eigenvalue weighted by atomic mass is 9.99. The molecular formula is C20H15N5O3. The van der Waals surface area contributed by atoms with Gasteiger partial charge in [-0.15, -0.1) is 0 Å². The average molecular weight is 373 g/mol. The first-order chi connectivity index (χ1) is 13.8. The van der Waals surface area contributed by atoms with E-state index >= 15 is 0 Å². The summed E-state index contributed by atoms with van der Waals surface area (Å²) in [6, 6.07) is 14.9. The molecule has 1 aliphatic heterocycles. The van der Waals surface area contributed by atoms with E-state index in [0.29, 0.717) is 36.3 Å². The Morgan fingerprint density at radius 3 is 2.54 bits per heavy atom. The first-order valence-electron chi connectivity index (χ1n) is 8.83. The Labute approximate surface area is 159 Å². The van der Waals surface area contributed by atoms with Crippen molar-refractivity contribution in [2.75, 3.05) is 13.1 Å². The van der Waals surface area contributed by atoms with E-state index in [-0.39, 0.29) is 11.8 Å². The van der Waals surface area contributed by atoms with Crippen molar-refractivity contribution < 1.29 is 13.8 Å². The molecule has 1 aliphatic rings. The summed E-state index contributed by atoms with van der Waals surface area (Å²) in [6.07, 6.45) is 3.35. The van der Waals surface area contributed by atoms with E-state index < -0.39 is 0 Å². The Bertz CT molecular complexity index is 1100. The molecule has 4 heterocycles. The third kappa shape index (κ3) is 2.94. The molecule has 0 spiro atoms. The number of benzene rings is 1. The van der Waals surface area contributed by atoms with Gasteiger partial charge < -0.3 is 13.9 Å². The third-order valence-corrected chi connectivity index (χ3v) is 4.69. The van der Waals surface area contributed by atoms with Crippen LogP contribution >= 0.6 is 0 Å². The van der Waals surface area contributed by atoms with E-state index in [4.69, 9.17) is 9.05 Å². The van der Waals surface area contributed by atoms with Crippen LogP contribution in [0.5, 0.6) is 0 Å². The molecule has 1 saturated heterocycles. The van der Waals surface area contributed by atoms with E-state index in [0.717, 1.165) is 11.1 Å². The van der Waals surface area contributed by atoms with Gasteiger partial charge in [0.05, 0.1) is 5.92 Å². The maximum atomic E-state index is 12.6. The number of aromatic nitrogens is 4. The number of nitrogens with zero attached hydrogens (tertiary/aromatic N) is 5. The molecule has 8 nitrogen and oxygen atoms in total. The zero-order chi connectivity index (χ0) is 18.9. The van der Waals surface area contributed by atoms with Crippen LogP contribution in [-0.4, -0.2) is 44.2 Å². The highest BCUT2D eigenvalue weighted by Crippen LogP contribution is 2.29. The second-order valence-electron chi connectivity index (χ2n) is 6.54. The van der Waals surface area contributed by atoms with Crippen LogP contribution in [0.3, 0.4) is 0 Å². The Balaban J connectivity index is 1.24. The summed E-state index contributed by atoms with van der Waals surface area (Å²) in [5.74, 6) is 1.47. The predicted octanol–water partition coefficient (Wildman–Crippen LogP) is 3.03. The lowest BCUT2D eigenvalue weighted by Crippen LogP contribution is -2.48. The summed E-state index contributed by atoms with van der Waals surface area (Å²) in [6.45, 7) is 1.01. The molecule has 3 aromatic heterocycles. The smallest absolute Gasteiger partial charge is 0.276 e. The van der Waals surface area contributed by atoms with Crippen LogP contribution in [0.25, 0.3) is 22.7 Å². The van der Waals surface area contributed by atoms with Crippen molar-refractivity contribution in [2.45, 2.75) is 5.92 Å². The van der Waals surface area contributed by atoms with E-state index in [2.05, 4.69) is 20.3 Å². The second kappa shape index (κ2) is 6.73. The number of hydrogen-bond donors (Lipinski definition) is 0. The van der Waals surface area contributed by atoms with Crippen LogP contribution in [0.2, 0.25) is 0 Å². The van der Waals surface area contributed by atoms with Crippen LogP contribution in [0.1, 0.15) is 22.3 Å². The highest BCUT2D eigenvalue weighted by molar-refractivity contribution is 5.93. The van der Waals surface area contributed by atoms with Gasteiger partial charge in [-0.2, -0.15) is 4.98 Å². The molecule has 4 aromatic rings. The summed E-state index contributed by atoms with van der Waals surface area (Å²) in [5, 5.41) is 7.92. The largest absolute Gasteiger partial charge is 0.355 e. The van der Waals surface area contributed by atoms with Crippen LogP contribution in [-0.2, 0) is 0 Å². The van der Waals surface area contributed by atoms with Gasteiger partial charge in [-0.05, 0) is 12.1 Å². The molecule has 138 valence electrons. The first kappa shape index (κ1) is 16.4. The minimum absolute atomic E-state index is 0.0209. The van der Waals surface area contributed by atoms with E-state index in [9.17, 15) is 4.79 Å². The number of rotatable bonds is 4. The third-order valence-electron chi connectivity index (χ3n) is 4.69. The fourth-order valence-electron chi connectivity index (χ4n) is 3.10. The van der Waals surface area contributed by atoms with Gasteiger partial charge in [-0.1, -0.05) is 40.6 Å². The Morgan fingerprint density at radius 2 is 1.75 bits per heavy atom. The molecule has 0 atom stereocenters. The summed E-state index contributed by atoms with van der Waals surface area (Å²) in [5.41, 5.74) is 2.01. The molecule has 8 heteroatoms. The van der Waals surface area contributed by atoms with Gasteiger partial charge in [0, 0.05) is 42.7 Å². The van der Waals surface area contributed by atoms with Crippen LogP contribution in [0.15, 0.2) is 70.0 Å². The van der Waals surface area contributed by atoms with Crippen molar-refractivity contribution in [3.63, 3.8) is 0 Å². The molecule has 0 radical (unpaired) electrons. The normalized spacial score (nSPS) is 14.1. The summed E-state index contributed by atoms with van der Waals surface area (Å²) < 4.78 is 10.7. The molecule has 1 amide bonds. The standard InChI is InChI=1S/C20H15N5O3/c26-20(16-10-17(27-23-16)13-4-2-1-3-5-13)25-11-15(12-25)19-22-18(24-28-19)14-6-8-21-9-7-14/h1-10,15H,11-12H2. The molecule has 0 bridgehead atoms. The number of carbonyl (C=O) groups excluding carboxylic acids is 1. The highest BCUT2D eigenvalue weighted by atomic mass is 16.5. The number of carbonyl (C=O) groups is 1. The van der Waals surface area contributed by atoms with Gasteiger partial charge in [0.2, 0.25) is 11.7 Å². The fraction of sp³-hybridized carbons (Fsp3) is 0.150. The van der Waals surface area contributed by atoms with Gasteiger partial charge in [0.1, 0.15) is 0 Å². The lowest BCUT2D eigenvalue weighted by Gasteiger charge is -2.36. The fourth-order valence-corrected chi connectivity index (χ4v) is 3.10. The number of hydrogen-bond acceptors (Lipinski definition) is 7. The molecule has 0 N–H and O–H groups in total. The van der Waals surface area contributed by atoms with Gasteiger partial charge >= 0.3 is 0 Å². The summed E-state index contributed by atoms with van der Waals surface area (Å²) in [7, 11) is 0. The topological polar surface area (TPSA) is 98.2 Å². The lowest BCUT2D eigenvalue weighted by molar-refractivity contribution is 0.0559. The van der Waals surface area contributed by atoms with Gasteiger partial charge in [-0.3, -0.25) is 9.78 Å². The van der Waals surface area contributed by atoms with Crippen LogP contribution < -0.4 is 0 Å². The maximum absolute atomic E-state index is 12.6. The van der Waals surface area contributed by atoms with Gasteiger partial charge in [-0.25, -0.2) is 0 Å². The van der Waals surface area contributed by atoms with Gasteiger partial charge in [0.15, 0.2) is 11.5 Å². The number of likely N-dealkylation sites (tertiary alicyclic amines) is 1. The van der Waals surface area contributed by atoms with Crippen molar-refractivity contribution in [1.29, 1.82) is 0 Å². The minimum Gasteiger partial charge on any atom is -0.355 e. The van der Waals surface area contributed by atoms with Crippen molar-refractivity contribution in [1.82, 2.24) is 25.2 Å². The van der Waals surface area contributed by atoms with Crippen molar-refractivity contribution in [2.24, 2.45) is 0 Å². The van der Waals surface area contributed by atoms with Crippen molar-refractivity contribution in [3.05, 3.63) is 72.5 Å². The second-order valence-corrected chi connectivity index (χ2v) is 6.54. The zero-order valence-corrected chi connectivity index (χ0v) is 14.7. The Kier molecular flexibility index (Phi) is 3.93. The summed E-state index contributed by atoms with van der Waals surface area (Å²) >= 11 is 0. The molecule has 0 aliphatic carbocycles. The van der Waals surface area contributed by atoms with E-state index in [1.807, 2.05) is 42.5 Å². The highest BCUT2D eigenvalue weighted by Gasteiger charge is 2.37. The molecular weight excluding hydrogens is 358 g/mol. The predicted molar refractivity (Wildman–Crippen MR) is 98.1 cm³/mol. The van der Waals surface area contributed by atoms with Crippen molar-refractivity contribution >= 4 is 5.91 Å². The molecule has 1 aromatic carbocycles. The first-order valence-corrected chi connectivity index (χ1v) is 8.83. The van der Waals surface area contributed by atoms with E-state index in [1.165, 1.54) is 0 Å². The molecule has 5 rings (SSSR count). The average Bonchev–Trinajstić information content (AvgIpc) is 3.38. The van der Waals surface area contributed by atoms with Crippen LogP contribution in [0.4, 0.5) is 0 Å². The molecule has 0 unspecified atom stereocenters. The quantitative estimate of drug-likeness (QED) is 0.542. The van der Waals surface area contributed by atoms with Gasteiger partial charge in [0.25, 0.3) is 5.91 Å². The Hall–Kier alpha value is -3.81. The number of pyridine rings is 1. The molecule has 1 fully saturated rings. The zero-order valence-electron chi connectivity index (χ0n) is 14.7. The monoisotopic (exact) mass is 373 g/mol. The van der Waals surface area contributed by atoms with E-state index in [1.54, 1.807) is 23.4 Å². The SMILES string of the molecule is O=C(c1cc(-c2ccccc2)on1)N1CC(c2nc(-c3ccncc3)no2)C1. The molecule has 0 saturated carbocycles. The maximum Gasteiger partial charge on any atom is 0.276 e. The molecule has 28 heavy (non-hydrogen) atoms. The number of amides is 1. The minimum atomic E-state index is -0.170. The Morgan fingerprint density at radius 1 is 0.964 bits per heavy atom. The van der Waals surface area contributed by atoms with Crippen molar-refractivity contribution in [3.8, 4) is 22.7 Å². The van der Waals surface area contributed by atoms with Crippen LogP contribution in [0, 0.1) is 0 Å².